The third kappa shape index (κ3) is 3.43. The molecule has 0 aromatic heterocycles. The van der Waals surface area contributed by atoms with Gasteiger partial charge in [-0.25, -0.2) is 9.59 Å². The highest BCUT2D eigenvalue weighted by Gasteiger charge is 2.41. The quantitative estimate of drug-likeness (QED) is 0.855. The fourth-order valence-corrected chi connectivity index (χ4v) is 2.23. The number of aliphatic hydroxyl groups excluding tert-OH is 1. The molecule has 1 heterocycles. The number of aliphatic hydroxyl groups is 1. The third-order valence-electron chi connectivity index (χ3n) is 3.37. The molecule has 1 aromatic rings. The normalized spacial score (nSPS) is 21.1. The van der Waals surface area contributed by atoms with Gasteiger partial charge in [-0.1, -0.05) is 12.1 Å². The van der Waals surface area contributed by atoms with Gasteiger partial charge in [0.1, 0.15) is 12.4 Å². The first-order valence-electron chi connectivity index (χ1n) is 6.50. The number of amides is 1. The fourth-order valence-electron chi connectivity index (χ4n) is 2.23. The number of aliphatic carboxylic acids is 1. The SMILES string of the molecule is COc1ccc(COC(=O)N2CCC(O)C2C(=O)O)cc1. The van der Waals surface area contributed by atoms with Crippen molar-refractivity contribution in [1.29, 1.82) is 0 Å². The summed E-state index contributed by atoms with van der Waals surface area (Å²) in [5.74, 6) is -0.542. The number of nitrogens with zero attached hydrogens (tertiary/aromatic N) is 1. The molecule has 7 heteroatoms. The van der Waals surface area contributed by atoms with Crippen molar-refractivity contribution in [3.8, 4) is 5.75 Å². The van der Waals surface area contributed by atoms with E-state index < -0.39 is 24.2 Å². The van der Waals surface area contributed by atoms with E-state index >= 15 is 0 Å². The number of methoxy groups -OCH3 is 1. The van der Waals surface area contributed by atoms with Crippen LogP contribution in [0.4, 0.5) is 4.79 Å². The number of carboxylic acids is 1. The highest BCUT2D eigenvalue weighted by Crippen LogP contribution is 2.20. The van der Waals surface area contributed by atoms with Gasteiger partial charge >= 0.3 is 12.1 Å². The van der Waals surface area contributed by atoms with Gasteiger partial charge in [0.05, 0.1) is 13.2 Å². The number of benzene rings is 1. The minimum atomic E-state index is -1.24. The smallest absolute Gasteiger partial charge is 0.410 e. The first kappa shape index (κ1) is 15.1. The second kappa shape index (κ2) is 6.45. The first-order valence-corrected chi connectivity index (χ1v) is 6.50. The Morgan fingerprint density at radius 2 is 2.00 bits per heavy atom. The maximum Gasteiger partial charge on any atom is 0.410 e. The van der Waals surface area contributed by atoms with Crippen molar-refractivity contribution in [2.75, 3.05) is 13.7 Å². The average molecular weight is 295 g/mol. The summed E-state index contributed by atoms with van der Waals surface area (Å²) in [6.07, 6.45) is -1.57. The Morgan fingerprint density at radius 3 is 2.57 bits per heavy atom. The number of hydrogen-bond acceptors (Lipinski definition) is 5. The number of ether oxygens (including phenoxy) is 2. The summed E-state index contributed by atoms with van der Waals surface area (Å²) in [5, 5.41) is 18.6. The van der Waals surface area contributed by atoms with Gasteiger partial charge in [0.25, 0.3) is 0 Å². The van der Waals surface area contributed by atoms with E-state index in [9.17, 15) is 14.7 Å². The summed E-state index contributed by atoms with van der Waals surface area (Å²) in [5.41, 5.74) is 0.760. The number of hydrogen-bond donors (Lipinski definition) is 2. The van der Waals surface area contributed by atoms with Crippen LogP contribution in [0.5, 0.6) is 5.75 Å². The Hall–Kier alpha value is -2.28. The Morgan fingerprint density at radius 1 is 1.33 bits per heavy atom. The number of carbonyl (C=O) groups is 2. The molecular weight excluding hydrogens is 278 g/mol. The molecule has 0 bridgehead atoms. The summed E-state index contributed by atoms with van der Waals surface area (Å²) >= 11 is 0. The summed E-state index contributed by atoms with van der Waals surface area (Å²) in [6.45, 7) is 0.196. The van der Waals surface area contributed by atoms with Crippen LogP contribution in [0.3, 0.4) is 0 Å². The van der Waals surface area contributed by atoms with Crippen LogP contribution in [-0.2, 0) is 16.1 Å². The van der Waals surface area contributed by atoms with Crippen molar-refractivity contribution in [3.63, 3.8) is 0 Å². The van der Waals surface area contributed by atoms with Crippen LogP contribution < -0.4 is 4.74 Å². The molecule has 114 valence electrons. The molecule has 2 N–H and O–H groups in total. The molecule has 1 amide bonds. The van der Waals surface area contributed by atoms with Crippen LogP contribution in [0.25, 0.3) is 0 Å². The van der Waals surface area contributed by atoms with Crippen LogP contribution >= 0.6 is 0 Å². The highest BCUT2D eigenvalue weighted by molar-refractivity contribution is 5.81. The molecule has 21 heavy (non-hydrogen) atoms. The predicted octanol–water partition coefficient (Wildman–Crippen LogP) is 0.852. The lowest BCUT2D eigenvalue weighted by atomic mass is 10.2. The van der Waals surface area contributed by atoms with Crippen LogP contribution in [-0.4, -0.2) is 53.0 Å². The summed E-state index contributed by atoms with van der Waals surface area (Å²) in [4.78, 5) is 24.0. The largest absolute Gasteiger partial charge is 0.497 e. The van der Waals surface area contributed by atoms with Crippen molar-refractivity contribution < 1.29 is 29.3 Å². The van der Waals surface area contributed by atoms with Crippen LogP contribution in [0.2, 0.25) is 0 Å². The fraction of sp³-hybridized carbons (Fsp3) is 0.429. The van der Waals surface area contributed by atoms with E-state index in [1.165, 1.54) is 0 Å². The van der Waals surface area contributed by atoms with Gasteiger partial charge in [0, 0.05) is 6.54 Å². The predicted molar refractivity (Wildman–Crippen MR) is 71.9 cm³/mol. The minimum Gasteiger partial charge on any atom is -0.497 e. The summed E-state index contributed by atoms with van der Waals surface area (Å²) < 4.78 is 10.1. The molecule has 0 saturated carbocycles. The highest BCUT2D eigenvalue weighted by atomic mass is 16.6. The van der Waals surface area contributed by atoms with E-state index in [1.807, 2.05) is 0 Å². The van der Waals surface area contributed by atoms with Crippen molar-refractivity contribution in [3.05, 3.63) is 29.8 Å². The van der Waals surface area contributed by atoms with Gasteiger partial charge in [-0.3, -0.25) is 4.90 Å². The van der Waals surface area contributed by atoms with Gasteiger partial charge in [0.15, 0.2) is 6.04 Å². The van der Waals surface area contributed by atoms with E-state index in [0.717, 1.165) is 10.5 Å². The molecular formula is C14H17NO6. The minimum absolute atomic E-state index is 0.0295. The van der Waals surface area contributed by atoms with Crippen molar-refractivity contribution in [2.24, 2.45) is 0 Å². The van der Waals surface area contributed by atoms with Crippen LogP contribution in [0.1, 0.15) is 12.0 Å². The van der Waals surface area contributed by atoms with E-state index in [4.69, 9.17) is 14.6 Å². The lowest BCUT2D eigenvalue weighted by molar-refractivity contribution is -0.144. The number of rotatable bonds is 4. The Kier molecular flexibility index (Phi) is 4.64. The monoisotopic (exact) mass is 295 g/mol. The lowest BCUT2D eigenvalue weighted by Crippen LogP contribution is -2.45. The van der Waals surface area contributed by atoms with E-state index in [2.05, 4.69) is 0 Å². The number of carboxylic acid groups (broad SMARTS) is 1. The molecule has 2 atom stereocenters. The Bertz CT molecular complexity index is 515. The van der Waals surface area contributed by atoms with E-state index in [1.54, 1.807) is 31.4 Å². The van der Waals surface area contributed by atoms with Crippen molar-refractivity contribution in [1.82, 2.24) is 4.90 Å². The second-order valence-electron chi connectivity index (χ2n) is 4.74. The lowest BCUT2D eigenvalue weighted by Gasteiger charge is -2.22. The van der Waals surface area contributed by atoms with Gasteiger partial charge in [0.2, 0.25) is 0 Å². The van der Waals surface area contributed by atoms with E-state index in [-0.39, 0.29) is 19.6 Å². The molecule has 7 nitrogen and oxygen atoms in total. The standard InChI is InChI=1S/C14H17NO6/c1-20-10-4-2-9(3-5-10)8-21-14(19)15-7-6-11(16)12(15)13(17)18/h2-5,11-12,16H,6-8H2,1H3,(H,17,18). The van der Waals surface area contributed by atoms with Gasteiger partial charge < -0.3 is 19.7 Å². The Balaban J connectivity index is 1.93. The maximum atomic E-state index is 11.9. The van der Waals surface area contributed by atoms with Gasteiger partial charge in [-0.15, -0.1) is 0 Å². The zero-order valence-electron chi connectivity index (χ0n) is 11.6. The molecule has 1 saturated heterocycles. The topological polar surface area (TPSA) is 96.3 Å². The number of carbonyl (C=O) groups excluding carboxylic acids is 1. The summed E-state index contributed by atoms with van der Waals surface area (Å²) in [6, 6.07) is 5.73. The zero-order valence-corrected chi connectivity index (χ0v) is 11.6. The molecule has 2 rings (SSSR count). The first-order chi connectivity index (χ1) is 10.0. The third-order valence-corrected chi connectivity index (χ3v) is 3.37. The molecule has 0 radical (unpaired) electrons. The second-order valence-corrected chi connectivity index (χ2v) is 4.74. The molecule has 1 aliphatic rings. The number of likely N-dealkylation sites (tertiary alicyclic amines) is 1. The van der Waals surface area contributed by atoms with Crippen molar-refractivity contribution >= 4 is 12.1 Å². The molecule has 2 unspecified atom stereocenters. The van der Waals surface area contributed by atoms with Gasteiger partial charge in [-0.05, 0) is 24.1 Å². The molecule has 1 aliphatic heterocycles. The molecule has 0 aliphatic carbocycles. The molecule has 1 fully saturated rings. The Labute approximate surface area is 121 Å². The maximum absolute atomic E-state index is 11.9. The van der Waals surface area contributed by atoms with E-state index in [0.29, 0.717) is 5.75 Å². The molecule has 1 aromatic carbocycles. The van der Waals surface area contributed by atoms with Crippen LogP contribution in [0, 0.1) is 0 Å². The zero-order chi connectivity index (χ0) is 15.4. The summed E-state index contributed by atoms with van der Waals surface area (Å²) in [7, 11) is 1.56. The van der Waals surface area contributed by atoms with Gasteiger partial charge in [-0.2, -0.15) is 0 Å². The molecule has 0 spiro atoms. The van der Waals surface area contributed by atoms with Crippen molar-refractivity contribution in [2.45, 2.75) is 25.2 Å². The van der Waals surface area contributed by atoms with Crippen LogP contribution in [0.15, 0.2) is 24.3 Å². The average Bonchev–Trinajstić information content (AvgIpc) is 2.87.